The van der Waals surface area contributed by atoms with E-state index in [1.165, 1.54) is 4.31 Å². The zero-order valence-corrected chi connectivity index (χ0v) is 19.8. The highest BCUT2D eigenvalue weighted by Gasteiger charge is 2.27. The Balaban J connectivity index is 1.58. The third-order valence-electron chi connectivity index (χ3n) is 5.57. The molecule has 0 saturated carbocycles. The van der Waals surface area contributed by atoms with Crippen molar-refractivity contribution in [2.75, 3.05) is 26.8 Å². The first kappa shape index (κ1) is 24.1. The maximum Gasteiger partial charge on any atom is 0.243 e. The molecule has 2 aromatic rings. The summed E-state index contributed by atoms with van der Waals surface area (Å²) in [7, 11) is -1.98. The quantitative estimate of drug-likeness (QED) is 0.588. The van der Waals surface area contributed by atoms with E-state index in [2.05, 4.69) is 5.32 Å². The van der Waals surface area contributed by atoms with E-state index in [0.29, 0.717) is 37.4 Å². The highest BCUT2D eigenvalue weighted by Crippen LogP contribution is 2.27. The average Bonchev–Trinajstić information content (AvgIpc) is 3.33. The number of hydrogen-bond donors (Lipinski definition) is 1. The fourth-order valence-corrected chi connectivity index (χ4v) is 5.33. The number of benzene rings is 2. The molecular formula is C24H32N2O5S. The minimum atomic E-state index is -3.52. The summed E-state index contributed by atoms with van der Waals surface area (Å²) >= 11 is 0. The zero-order chi connectivity index (χ0) is 23.1. The first-order chi connectivity index (χ1) is 15.3. The number of nitrogens with zero attached hydrogens (tertiary/aromatic N) is 1. The maximum absolute atomic E-state index is 12.9. The van der Waals surface area contributed by atoms with Crippen molar-refractivity contribution < 1.29 is 22.7 Å². The SMILES string of the molecule is COc1ccc(S(=O)(=O)N2CCCC2)cc1CCC(=O)N[C@H](C)COc1ccccc1C. The van der Waals surface area contributed by atoms with E-state index in [1.807, 2.05) is 38.1 Å². The minimum Gasteiger partial charge on any atom is -0.496 e. The number of carbonyl (C=O) groups excluding carboxylic acids is 1. The summed E-state index contributed by atoms with van der Waals surface area (Å²) in [6.45, 7) is 5.33. The Labute approximate surface area is 190 Å². The van der Waals surface area contributed by atoms with Crippen molar-refractivity contribution in [3.63, 3.8) is 0 Å². The highest BCUT2D eigenvalue weighted by molar-refractivity contribution is 7.89. The molecule has 1 amide bonds. The smallest absolute Gasteiger partial charge is 0.243 e. The second-order valence-electron chi connectivity index (χ2n) is 8.13. The summed E-state index contributed by atoms with van der Waals surface area (Å²) in [6, 6.07) is 12.4. The Kier molecular flexibility index (Phi) is 8.15. The second-order valence-corrected chi connectivity index (χ2v) is 10.1. The molecule has 1 N–H and O–H groups in total. The van der Waals surface area contributed by atoms with Gasteiger partial charge in [0.1, 0.15) is 18.1 Å². The molecule has 1 aliphatic rings. The van der Waals surface area contributed by atoms with E-state index >= 15 is 0 Å². The Hall–Kier alpha value is -2.58. The van der Waals surface area contributed by atoms with Crippen LogP contribution in [0.15, 0.2) is 47.4 Å². The van der Waals surface area contributed by atoms with Gasteiger partial charge in [-0.3, -0.25) is 4.79 Å². The molecule has 32 heavy (non-hydrogen) atoms. The average molecular weight is 461 g/mol. The summed E-state index contributed by atoms with van der Waals surface area (Å²) in [5.41, 5.74) is 1.74. The molecule has 1 heterocycles. The summed E-state index contributed by atoms with van der Waals surface area (Å²) in [5.74, 6) is 1.25. The van der Waals surface area contributed by atoms with E-state index in [1.54, 1.807) is 25.3 Å². The molecule has 0 radical (unpaired) electrons. The highest BCUT2D eigenvalue weighted by atomic mass is 32.2. The summed E-state index contributed by atoms with van der Waals surface area (Å²) < 4.78 is 38.4. The zero-order valence-electron chi connectivity index (χ0n) is 19.0. The van der Waals surface area contributed by atoms with Crippen LogP contribution >= 0.6 is 0 Å². The number of amides is 1. The topological polar surface area (TPSA) is 84.9 Å². The molecule has 2 aromatic carbocycles. The van der Waals surface area contributed by atoms with Crippen molar-refractivity contribution >= 4 is 15.9 Å². The third kappa shape index (κ3) is 6.01. The van der Waals surface area contributed by atoms with Crippen molar-refractivity contribution in [2.24, 2.45) is 0 Å². The molecule has 8 heteroatoms. The number of methoxy groups -OCH3 is 1. The lowest BCUT2D eigenvalue weighted by Crippen LogP contribution is -2.37. The molecule has 1 fully saturated rings. The van der Waals surface area contributed by atoms with Crippen LogP contribution in [-0.2, 0) is 21.2 Å². The lowest BCUT2D eigenvalue weighted by Gasteiger charge is -2.18. The van der Waals surface area contributed by atoms with Gasteiger partial charge in [0.05, 0.1) is 18.0 Å². The second kappa shape index (κ2) is 10.8. The van der Waals surface area contributed by atoms with Gasteiger partial charge in [0, 0.05) is 19.5 Å². The largest absolute Gasteiger partial charge is 0.496 e. The predicted octanol–water partition coefficient (Wildman–Crippen LogP) is 3.30. The van der Waals surface area contributed by atoms with E-state index in [4.69, 9.17) is 9.47 Å². The monoisotopic (exact) mass is 460 g/mol. The number of para-hydroxylation sites is 1. The van der Waals surface area contributed by atoms with Crippen molar-refractivity contribution in [1.82, 2.24) is 9.62 Å². The fraction of sp³-hybridized carbons (Fsp3) is 0.458. The van der Waals surface area contributed by atoms with Gasteiger partial charge in [-0.05, 0) is 68.5 Å². The van der Waals surface area contributed by atoms with E-state index in [0.717, 1.165) is 24.2 Å². The Bertz CT molecular complexity index is 1030. The molecule has 3 rings (SSSR count). The Morgan fingerprint density at radius 2 is 1.84 bits per heavy atom. The van der Waals surface area contributed by atoms with Crippen LogP contribution in [0.3, 0.4) is 0 Å². The van der Waals surface area contributed by atoms with Crippen LogP contribution in [-0.4, -0.2) is 51.5 Å². The van der Waals surface area contributed by atoms with E-state index in [-0.39, 0.29) is 23.3 Å². The Morgan fingerprint density at radius 1 is 1.12 bits per heavy atom. The van der Waals surface area contributed by atoms with Crippen molar-refractivity contribution in [3.05, 3.63) is 53.6 Å². The van der Waals surface area contributed by atoms with Crippen molar-refractivity contribution in [3.8, 4) is 11.5 Å². The lowest BCUT2D eigenvalue weighted by molar-refractivity contribution is -0.121. The molecule has 0 aliphatic carbocycles. The fourth-order valence-electron chi connectivity index (χ4n) is 3.76. The molecule has 0 unspecified atom stereocenters. The van der Waals surface area contributed by atoms with Crippen LogP contribution in [0.2, 0.25) is 0 Å². The molecule has 7 nitrogen and oxygen atoms in total. The Morgan fingerprint density at radius 3 is 2.53 bits per heavy atom. The standard InChI is InChI=1S/C24H32N2O5S/c1-18-8-4-5-9-22(18)31-17-19(2)25-24(27)13-10-20-16-21(11-12-23(20)30-3)32(28,29)26-14-6-7-15-26/h4-5,8-9,11-12,16,19H,6-7,10,13-15,17H2,1-3H3,(H,25,27)/t19-/m1/s1. The number of hydrogen-bond acceptors (Lipinski definition) is 5. The first-order valence-electron chi connectivity index (χ1n) is 11.0. The molecule has 1 saturated heterocycles. The van der Waals surface area contributed by atoms with E-state index in [9.17, 15) is 13.2 Å². The number of nitrogens with one attached hydrogen (secondary N) is 1. The number of ether oxygens (including phenoxy) is 2. The summed E-state index contributed by atoms with van der Waals surface area (Å²) in [4.78, 5) is 12.7. The molecule has 0 spiro atoms. The van der Waals surface area contributed by atoms with Gasteiger partial charge in [-0.1, -0.05) is 18.2 Å². The molecule has 1 aliphatic heterocycles. The van der Waals surface area contributed by atoms with Crippen molar-refractivity contribution in [2.45, 2.75) is 50.5 Å². The predicted molar refractivity (Wildman–Crippen MR) is 124 cm³/mol. The van der Waals surface area contributed by atoms with Crippen molar-refractivity contribution in [1.29, 1.82) is 0 Å². The van der Waals surface area contributed by atoms with E-state index < -0.39 is 10.0 Å². The van der Waals surface area contributed by atoms with Crippen LogP contribution in [0, 0.1) is 6.92 Å². The van der Waals surface area contributed by atoms with Crippen LogP contribution in [0.4, 0.5) is 0 Å². The molecule has 174 valence electrons. The number of carbonyl (C=O) groups is 1. The summed E-state index contributed by atoms with van der Waals surface area (Å²) in [5, 5.41) is 2.94. The molecule has 0 bridgehead atoms. The van der Waals surface area contributed by atoms with Gasteiger partial charge in [0.25, 0.3) is 0 Å². The van der Waals surface area contributed by atoms with Gasteiger partial charge in [-0.2, -0.15) is 4.31 Å². The first-order valence-corrected chi connectivity index (χ1v) is 12.4. The van der Waals surface area contributed by atoms with Gasteiger partial charge in [0.2, 0.25) is 15.9 Å². The summed E-state index contributed by atoms with van der Waals surface area (Å²) in [6.07, 6.45) is 2.37. The third-order valence-corrected chi connectivity index (χ3v) is 7.46. The van der Waals surface area contributed by atoms with Gasteiger partial charge < -0.3 is 14.8 Å². The molecular weight excluding hydrogens is 428 g/mol. The lowest BCUT2D eigenvalue weighted by atomic mass is 10.1. The van der Waals surface area contributed by atoms with Crippen LogP contribution in [0.5, 0.6) is 11.5 Å². The number of sulfonamides is 1. The minimum absolute atomic E-state index is 0.124. The van der Waals surface area contributed by atoms with Crippen LogP contribution in [0.1, 0.15) is 37.3 Å². The van der Waals surface area contributed by atoms with Gasteiger partial charge in [-0.15, -0.1) is 0 Å². The van der Waals surface area contributed by atoms with Crippen LogP contribution < -0.4 is 14.8 Å². The van der Waals surface area contributed by atoms with Crippen LogP contribution in [0.25, 0.3) is 0 Å². The normalized spacial score (nSPS) is 15.3. The number of rotatable bonds is 10. The number of aryl methyl sites for hydroxylation is 2. The maximum atomic E-state index is 12.9. The molecule has 0 aromatic heterocycles. The van der Waals surface area contributed by atoms with Gasteiger partial charge >= 0.3 is 0 Å². The van der Waals surface area contributed by atoms with Gasteiger partial charge in [0.15, 0.2) is 0 Å². The van der Waals surface area contributed by atoms with Gasteiger partial charge in [-0.25, -0.2) is 8.42 Å². The molecule has 1 atom stereocenters.